The lowest BCUT2D eigenvalue weighted by atomic mass is 9.68. The monoisotopic (exact) mass is 871 g/mol. The highest BCUT2D eigenvalue weighted by atomic mass is 15.1. The molecule has 0 N–H and O–H groups in total. The topological polar surface area (TPSA) is 3.24 Å². The third-order valence-electron chi connectivity index (χ3n) is 16.1. The third-order valence-corrected chi connectivity index (χ3v) is 16.1. The van der Waals surface area contributed by atoms with Crippen LogP contribution in [0.5, 0.6) is 0 Å². The summed E-state index contributed by atoms with van der Waals surface area (Å²) in [6.45, 7) is 18.9. The summed E-state index contributed by atoms with van der Waals surface area (Å²) in [6.07, 6.45) is 5.38. The Morgan fingerprint density at radius 1 is 0.448 bits per heavy atom. The average Bonchev–Trinajstić information content (AvgIpc) is 3.89. The van der Waals surface area contributed by atoms with Crippen LogP contribution >= 0.6 is 0 Å². The second-order valence-corrected chi connectivity index (χ2v) is 22.5. The lowest BCUT2D eigenvalue weighted by molar-refractivity contribution is 0.444. The first kappa shape index (κ1) is 40.8. The molecule has 1 spiro atoms. The molecule has 0 aromatic heterocycles. The molecule has 8 aromatic carbocycles. The van der Waals surface area contributed by atoms with E-state index in [1.807, 2.05) is 0 Å². The van der Waals surface area contributed by atoms with Gasteiger partial charge in [-0.25, -0.2) is 0 Å². The van der Waals surface area contributed by atoms with Gasteiger partial charge in [0.05, 0.1) is 11.1 Å². The minimum Gasteiger partial charge on any atom is -0.310 e. The molecule has 8 aromatic rings. The van der Waals surface area contributed by atoms with Crippen molar-refractivity contribution in [2.24, 2.45) is 0 Å². The number of nitrogens with zero attached hydrogens (tertiary/aromatic N) is 1. The van der Waals surface area contributed by atoms with Gasteiger partial charge in [0.15, 0.2) is 0 Å². The summed E-state index contributed by atoms with van der Waals surface area (Å²) in [5.74, 6) is -0.503. The maximum Gasteiger partial charge on any atom is 0.0726 e. The van der Waals surface area contributed by atoms with Crippen LogP contribution in [0.4, 0.5) is 17.1 Å². The first-order valence-corrected chi connectivity index (χ1v) is 24.9. The number of fused-ring (bicyclic) bond motifs is 13. The zero-order chi connectivity index (χ0) is 47.0. The van der Waals surface area contributed by atoms with E-state index in [0.29, 0.717) is 0 Å². The quantitative estimate of drug-likeness (QED) is 0.167. The zero-order valence-electron chi connectivity index (χ0n) is 41.6. The Balaban J connectivity index is 1.10. The van der Waals surface area contributed by atoms with Gasteiger partial charge < -0.3 is 4.90 Å². The molecule has 4 aliphatic rings. The van der Waals surface area contributed by atoms with Gasteiger partial charge in [-0.1, -0.05) is 214 Å². The molecule has 0 radical (unpaired) electrons. The standard InChI is InChI=1S/C66H63N/c1-63(2,3)46-30-35-52-53-36-31-47(64(4,5)6)40-59(53)66(58(52)39-46)57-26-15-13-22-50(57)54-37-34-49(41-60(54)66)67(61-27-17-24-55-51-23-12-14-25-56(51)65(7,8)62(55)61)48-32-28-43(29-33-48)45-21-16-20-44(38-45)42-18-10-9-11-19-42/h12-17,20-42H,9-11,18-19H2,1-8H3/i42D. The first-order chi connectivity index (χ1) is 32.6. The molecule has 1 heteroatoms. The van der Waals surface area contributed by atoms with Crippen molar-refractivity contribution in [3.05, 3.63) is 220 Å². The Morgan fingerprint density at radius 3 is 1.61 bits per heavy atom. The van der Waals surface area contributed by atoms with Crippen molar-refractivity contribution < 1.29 is 1.37 Å². The minimum absolute atomic E-state index is 0.0226. The van der Waals surface area contributed by atoms with Gasteiger partial charge in [-0.2, -0.15) is 0 Å². The Labute approximate surface area is 401 Å². The van der Waals surface area contributed by atoms with Gasteiger partial charge >= 0.3 is 0 Å². The van der Waals surface area contributed by atoms with E-state index in [1.165, 1.54) is 101 Å². The summed E-state index contributed by atoms with van der Waals surface area (Å²) in [7, 11) is 0. The van der Waals surface area contributed by atoms with Gasteiger partial charge in [0.2, 0.25) is 0 Å². The molecular formula is C66H63N. The molecule has 67 heavy (non-hydrogen) atoms. The van der Waals surface area contributed by atoms with Crippen molar-refractivity contribution in [3.8, 4) is 44.5 Å². The molecule has 1 fully saturated rings. The zero-order valence-corrected chi connectivity index (χ0v) is 40.6. The van der Waals surface area contributed by atoms with Crippen LogP contribution in [-0.4, -0.2) is 0 Å². The van der Waals surface area contributed by atoms with E-state index in [2.05, 4.69) is 230 Å². The van der Waals surface area contributed by atoms with E-state index >= 15 is 0 Å². The highest BCUT2D eigenvalue weighted by Gasteiger charge is 2.52. The normalized spacial score (nSPS) is 16.9. The predicted octanol–water partition coefficient (Wildman–Crippen LogP) is 18.1. The fourth-order valence-corrected chi connectivity index (χ4v) is 12.7. The number of rotatable bonds is 5. The molecule has 0 unspecified atom stereocenters. The lowest BCUT2D eigenvalue weighted by Crippen LogP contribution is -2.28. The summed E-state index contributed by atoms with van der Waals surface area (Å²) in [5, 5.41) is 0. The molecular weight excluding hydrogens is 807 g/mol. The van der Waals surface area contributed by atoms with Gasteiger partial charge in [0, 0.05) is 18.2 Å². The third kappa shape index (κ3) is 6.33. The van der Waals surface area contributed by atoms with Crippen molar-refractivity contribution in [2.45, 2.75) is 115 Å². The summed E-state index contributed by atoms with van der Waals surface area (Å²) in [4.78, 5) is 2.55. The van der Waals surface area contributed by atoms with Crippen LogP contribution in [0.2, 0.25) is 0 Å². The molecule has 0 amide bonds. The van der Waals surface area contributed by atoms with E-state index < -0.39 is 11.3 Å². The maximum atomic E-state index is 9.45. The van der Waals surface area contributed by atoms with Crippen LogP contribution in [0.25, 0.3) is 44.5 Å². The summed E-state index contributed by atoms with van der Waals surface area (Å²) >= 11 is 0. The Bertz CT molecular complexity index is 3260. The van der Waals surface area contributed by atoms with Crippen LogP contribution < -0.4 is 4.90 Å². The highest BCUT2D eigenvalue weighted by molar-refractivity contribution is 5.98. The second-order valence-electron chi connectivity index (χ2n) is 22.5. The van der Waals surface area contributed by atoms with Crippen molar-refractivity contribution >= 4 is 17.1 Å². The van der Waals surface area contributed by atoms with Crippen LogP contribution in [-0.2, 0) is 21.7 Å². The molecule has 0 saturated heterocycles. The molecule has 0 bridgehead atoms. The van der Waals surface area contributed by atoms with E-state index in [-0.39, 0.29) is 16.2 Å². The Kier molecular flexibility index (Phi) is 9.16. The Morgan fingerprint density at radius 2 is 0.970 bits per heavy atom. The molecule has 0 atom stereocenters. The van der Waals surface area contributed by atoms with E-state index in [0.717, 1.165) is 42.6 Å². The number of benzene rings is 8. The van der Waals surface area contributed by atoms with Crippen molar-refractivity contribution in [3.63, 3.8) is 0 Å². The second kappa shape index (κ2) is 15.0. The van der Waals surface area contributed by atoms with Crippen LogP contribution in [0.3, 0.4) is 0 Å². The first-order valence-electron chi connectivity index (χ1n) is 25.4. The SMILES string of the molecule is [2H]C1(c2cccc(-c3ccc(N(c4ccc5c(c4)C4(c6ccccc6-5)c5cc(C(C)(C)C)ccc5-c5ccc(C(C)(C)C)cc54)c4cccc5c4C(C)(C)c4ccccc4-5)cc3)c2)CCCCC1. The van der Waals surface area contributed by atoms with E-state index in [4.69, 9.17) is 0 Å². The molecule has 0 heterocycles. The smallest absolute Gasteiger partial charge is 0.0726 e. The minimum atomic E-state index is -0.517. The van der Waals surface area contributed by atoms with E-state index in [1.54, 1.807) is 0 Å². The maximum absolute atomic E-state index is 9.45. The van der Waals surface area contributed by atoms with Gasteiger partial charge in [0.1, 0.15) is 0 Å². The molecule has 1 saturated carbocycles. The molecule has 4 aliphatic carbocycles. The summed E-state index contributed by atoms with van der Waals surface area (Å²) < 4.78 is 9.45. The van der Waals surface area contributed by atoms with Crippen LogP contribution in [0.15, 0.2) is 170 Å². The van der Waals surface area contributed by atoms with Gasteiger partial charge in [-0.15, -0.1) is 0 Å². The highest BCUT2D eigenvalue weighted by Crippen LogP contribution is 2.64. The molecule has 12 rings (SSSR count). The predicted molar refractivity (Wildman–Crippen MR) is 284 cm³/mol. The van der Waals surface area contributed by atoms with Crippen molar-refractivity contribution in [1.82, 2.24) is 0 Å². The van der Waals surface area contributed by atoms with Crippen LogP contribution in [0, 0.1) is 0 Å². The lowest BCUT2D eigenvalue weighted by Gasteiger charge is -2.35. The number of hydrogen-bond acceptors (Lipinski definition) is 1. The van der Waals surface area contributed by atoms with E-state index in [9.17, 15) is 1.37 Å². The fraction of sp³-hybridized carbons (Fsp3) is 0.273. The number of anilines is 3. The van der Waals surface area contributed by atoms with Gasteiger partial charge in [-0.3, -0.25) is 0 Å². The van der Waals surface area contributed by atoms with Crippen LogP contribution in [0.1, 0.15) is 145 Å². The molecule has 1 nitrogen and oxygen atoms in total. The van der Waals surface area contributed by atoms with Crippen molar-refractivity contribution in [1.29, 1.82) is 0 Å². The largest absolute Gasteiger partial charge is 0.310 e. The van der Waals surface area contributed by atoms with Gasteiger partial charge in [-0.05, 0) is 154 Å². The molecule has 0 aliphatic heterocycles. The van der Waals surface area contributed by atoms with Crippen molar-refractivity contribution in [2.75, 3.05) is 4.90 Å². The summed E-state index contributed by atoms with van der Waals surface area (Å²) in [6, 6.07) is 65.4. The average molecular weight is 871 g/mol. The summed E-state index contributed by atoms with van der Waals surface area (Å²) in [5.41, 5.74) is 25.0. The molecule has 332 valence electrons. The Hall–Kier alpha value is -6.44. The fourth-order valence-electron chi connectivity index (χ4n) is 12.7. The number of hydrogen-bond donors (Lipinski definition) is 0. The van der Waals surface area contributed by atoms with Gasteiger partial charge in [0.25, 0.3) is 0 Å².